The van der Waals surface area contributed by atoms with Crippen LogP contribution in [-0.4, -0.2) is 18.8 Å². The number of alkyl halides is 3. The van der Waals surface area contributed by atoms with Crippen LogP contribution in [-0.2, 0) is 15.7 Å². The topological polar surface area (TPSA) is 26.3 Å². The summed E-state index contributed by atoms with van der Waals surface area (Å²) >= 11 is 3.94. The molecule has 94 valence electrons. The molecule has 1 aromatic carbocycles. The Hall–Kier alpha value is -1.17. The van der Waals surface area contributed by atoms with Crippen molar-refractivity contribution in [3.05, 3.63) is 35.4 Å². The van der Waals surface area contributed by atoms with Crippen LogP contribution in [0.4, 0.5) is 13.2 Å². The van der Waals surface area contributed by atoms with Gasteiger partial charge >= 0.3 is 12.1 Å². The average molecular weight is 264 g/mol. The molecule has 1 rings (SSSR count). The molecule has 0 fully saturated rings. The number of ether oxygens (including phenoxy) is 1. The quantitative estimate of drug-likeness (QED) is 0.671. The molecule has 1 atom stereocenters. The van der Waals surface area contributed by atoms with Crippen LogP contribution in [0.3, 0.4) is 0 Å². The highest BCUT2D eigenvalue weighted by Gasteiger charge is 2.31. The Morgan fingerprint density at radius 2 is 2.12 bits per heavy atom. The van der Waals surface area contributed by atoms with Crippen LogP contribution in [0.25, 0.3) is 0 Å². The summed E-state index contributed by atoms with van der Waals surface area (Å²) in [6.45, 7) is 0. The van der Waals surface area contributed by atoms with Crippen molar-refractivity contribution in [1.29, 1.82) is 0 Å². The van der Waals surface area contributed by atoms with Crippen molar-refractivity contribution in [2.45, 2.75) is 12.1 Å². The maximum Gasteiger partial charge on any atom is 0.416 e. The number of methoxy groups -OCH3 is 1. The molecule has 6 heteroatoms. The van der Waals surface area contributed by atoms with E-state index in [1.54, 1.807) is 0 Å². The van der Waals surface area contributed by atoms with Gasteiger partial charge in [-0.25, -0.2) is 0 Å². The van der Waals surface area contributed by atoms with Crippen LogP contribution in [0.5, 0.6) is 0 Å². The Balaban J connectivity index is 3.10. The summed E-state index contributed by atoms with van der Waals surface area (Å²) in [4.78, 5) is 11.4. The van der Waals surface area contributed by atoms with E-state index < -0.39 is 23.6 Å². The van der Waals surface area contributed by atoms with Gasteiger partial charge in [-0.15, -0.1) is 0 Å². The van der Waals surface area contributed by atoms with Crippen LogP contribution in [0.2, 0.25) is 0 Å². The summed E-state index contributed by atoms with van der Waals surface area (Å²) < 4.78 is 42.0. The number of carbonyl (C=O) groups is 1. The zero-order chi connectivity index (χ0) is 13.1. The number of hydrogen-bond donors (Lipinski definition) is 1. The molecule has 0 aliphatic heterocycles. The molecule has 0 aromatic heterocycles. The van der Waals surface area contributed by atoms with Gasteiger partial charge in [-0.05, 0) is 11.6 Å². The summed E-state index contributed by atoms with van der Waals surface area (Å²) in [7, 11) is 1.19. The van der Waals surface area contributed by atoms with Crippen molar-refractivity contribution in [3.63, 3.8) is 0 Å². The first-order chi connectivity index (χ1) is 7.90. The molecular formula is C11H11F3O2S. The van der Waals surface area contributed by atoms with E-state index >= 15 is 0 Å². The van der Waals surface area contributed by atoms with Gasteiger partial charge in [-0.3, -0.25) is 4.79 Å². The van der Waals surface area contributed by atoms with Crippen LogP contribution in [0.15, 0.2) is 24.3 Å². The van der Waals surface area contributed by atoms with Crippen molar-refractivity contribution in [1.82, 2.24) is 0 Å². The fraction of sp³-hybridized carbons (Fsp3) is 0.364. The fourth-order valence-electron chi connectivity index (χ4n) is 1.39. The van der Waals surface area contributed by atoms with Crippen LogP contribution >= 0.6 is 12.6 Å². The number of halogens is 3. The molecule has 17 heavy (non-hydrogen) atoms. The third-order valence-electron chi connectivity index (χ3n) is 2.28. The zero-order valence-corrected chi connectivity index (χ0v) is 9.89. The number of thiol groups is 1. The Bertz CT molecular complexity index is 404. The van der Waals surface area contributed by atoms with Gasteiger partial charge in [0.1, 0.15) is 0 Å². The standard InChI is InChI=1S/C11H11F3O2S/c1-16-10(15)9(6-17)7-3-2-4-8(5-7)11(12,13)14/h2-5,9,17H,6H2,1H3. The molecule has 0 amide bonds. The maximum absolute atomic E-state index is 12.5. The van der Waals surface area contributed by atoms with Gasteiger partial charge in [0, 0.05) is 5.75 Å². The number of carbonyl (C=O) groups excluding carboxylic acids is 1. The second-order valence-corrected chi connectivity index (χ2v) is 3.75. The summed E-state index contributed by atoms with van der Waals surface area (Å²) in [6, 6.07) is 4.61. The van der Waals surface area contributed by atoms with Crippen molar-refractivity contribution in [3.8, 4) is 0 Å². The predicted molar refractivity (Wildman–Crippen MR) is 60.1 cm³/mol. The minimum absolute atomic E-state index is 0.0913. The number of benzene rings is 1. The van der Waals surface area contributed by atoms with Crippen molar-refractivity contribution >= 4 is 18.6 Å². The Morgan fingerprint density at radius 1 is 1.47 bits per heavy atom. The van der Waals surface area contributed by atoms with E-state index in [1.165, 1.54) is 19.2 Å². The van der Waals surface area contributed by atoms with Gasteiger partial charge in [-0.2, -0.15) is 25.8 Å². The minimum atomic E-state index is -4.42. The largest absolute Gasteiger partial charge is 0.469 e. The minimum Gasteiger partial charge on any atom is -0.469 e. The first-order valence-electron chi connectivity index (χ1n) is 4.76. The van der Waals surface area contributed by atoms with Gasteiger partial charge in [0.2, 0.25) is 0 Å². The van der Waals surface area contributed by atoms with E-state index in [4.69, 9.17) is 0 Å². The summed E-state index contributed by atoms with van der Waals surface area (Å²) in [6.07, 6.45) is -4.42. The Kier molecular flexibility index (Phi) is 4.45. The molecule has 0 spiro atoms. The molecule has 1 aromatic rings. The molecular weight excluding hydrogens is 253 g/mol. The summed E-state index contributed by atoms with van der Waals surface area (Å²) in [5.41, 5.74) is -0.535. The molecule has 0 heterocycles. The van der Waals surface area contributed by atoms with Crippen LogP contribution in [0.1, 0.15) is 17.0 Å². The lowest BCUT2D eigenvalue weighted by atomic mass is 9.99. The monoisotopic (exact) mass is 264 g/mol. The van der Waals surface area contributed by atoms with Gasteiger partial charge in [-0.1, -0.05) is 18.2 Å². The van der Waals surface area contributed by atoms with Crippen molar-refractivity contribution < 1.29 is 22.7 Å². The van der Waals surface area contributed by atoms with Gasteiger partial charge in [0.05, 0.1) is 18.6 Å². The normalized spacial score (nSPS) is 13.2. The fourth-order valence-corrected chi connectivity index (χ4v) is 1.75. The third kappa shape index (κ3) is 3.39. The van der Waals surface area contributed by atoms with E-state index in [0.29, 0.717) is 0 Å². The molecule has 0 saturated carbocycles. The van der Waals surface area contributed by atoms with E-state index in [2.05, 4.69) is 17.4 Å². The Labute approximate surface area is 102 Å². The van der Waals surface area contributed by atoms with E-state index in [-0.39, 0.29) is 11.3 Å². The van der Waals surface area contributed by atoms with E-state index in [1.807, 2.05) is 0 Å². The molecule has 2 nitrogen and oxygen atoms in total. The highest BCUT2D eigenvalue weighted by Crippen LogP contribution is 2.31. The van der Waals surface area contributed by atoms with Crippen molar-refractivity contribution in [2.75, 3.05) is 12.9 Å². The molecule has 0 aliphatic carbocycles. The molecule has 0 N–H and O–H groups in total. The lowest BCUT2D eigenvalue weighted by Gasteiger charge is -2.14. The molecule has 1 unspecified atom stereocenters. The molecule has 0 bridgehead atoms. The van der Waals surface area contributed by atoms with Gasteiger partial charge in [0.25, 0.3) is 0 Å². The van der Waals surface area contributed by atoms with Crippen molar-refractivity contribution in [2.24, 2.45) is 0 Å². The maximum atomic E-state index is 12.5. The van der Waals surface area contributed by atoms with E-state index in [9.17, 15) is 18.0 Å². The smallest absolute Gasteiger partial charge is 0.416 e. The van der Waals surface area contributed by atoms with Gasteiger partial charge < -0.3 is 4.74 Å². The lowest BCUT2D eigenvalue weighted by Crippen LogP contribution is -2.16. The molecule has 0 aliphatic rings. The second-order valence-electron chi connectivity index (χ2n) is 3.38. The van der Waals surface area contributed by atoms with Crippen LogP contribution in [0, 0.1) is 0 Å². The lowest BCUT2D eigenvalue weighted by molar-refractivity contribution is -0.142. The predicted octanol–water partition coefficient (Wildman–Crippen LogP) is 2.89. The molecule has 0 radical (unpaired) electrons. The zero-order valence-electron chi connectivity index (χ0n) is 8.99. The first-order valence-corrected chi connectivity index (χ1v) is 5.39. The highest BCUT2D eigenvalue weighted by molar-refractivity contribution is 7.80. The highest BCUT2D eigenvalue weighted by atomic mass is 32.1. The Morgan fingerprint density at radius 3 is 2.59 bits per heavy atom. The second kappa shape index (κ2) is 5.44. The summed E-state index contributed by atoms with van der Waals surface area (Å²) in [5, 5.41) is 0. The van der Waals surface area contributed by atoms with Crippen LogP contribution < -0.4 is 0 Å². The average Bonchev–Trinajstić information content (AvgIpc) is 2.29. The molecule has 0 saturated heterocycles. The number of esters is 1. The summed E-state index contributed by atoms with van der Waals surface area (Å²) in [5.74, 6) is -1.29. The SMILES string of the molecule is COC(=O)C(CS)c1cccc(C(F)(F)F)c1. The number of rotatable bonds is 3. The van der Waals surface area contributed by atoms with Gasteiger partial charge in [0.15, 0.2) is 0 Å². The van der Waals surface area contributed by atoms with E-state index in [0.717, 1.165) is 12.1 Å². The third-order valence-corrected chi connectivity index (χ3v) is 2.65. The number of hydrogen-bond acceptors (Lipinski definition) is 3. The first kappa shape index (κ1) is 13.9.